The Morgan fingerprint density at radius 1 is 1.03 bits per heavy atom. The van der Waals surface area contributed by atoms with Gasteiger partial charge in [-0.05, 0) is 97.6 Å². The number of benzene rings is 2. The van der Waals surface area contributed by atoms with E-state index >= 15 is 0 Å². The van der Waals surface area contributed by atoms with Gasteiger partial charge in [0.2, 0.25) is 5.89 Å². The molecule has 4 aliphatic rings. The van der Waals surface area contributed by atoms with Crippen LogP contribution in [0.2, 0.25) is 0 Å². The highest BCUT2D eigenvalue weighted by atomic mass is 16.5. The van der Waals surface area contributed by atoms with Crippen molar-refractivity contribution in [2.75, 3.05) is 7.11 Å². The fraction of sp³-hybridized carbons (Fsp3) is 0.462. The number of ether oxygens (including phenoxy) is 2. The second-order valence-corrected chi connectivity index (χ2v) is 9.79. The summed E-state index contributed by atoms with van der Waals surface area (Å²) in [6.45, 7) is 0.249. The van der Waals surface area contributed by atoms with Crippen LogP contribution in [0.4, 0.5) is 0 Å². The third-order valence-corrected chi connectivity index (χ3v) is 7.72. The van der Waals surface area contributed by atoms with Gasteiger partial charge in [0.15, 0.2) is 12.2 Å². The van der Waals surface area contributed by atoms with Crippen molar-refractivity contribution in [2.45, 2.75) is 50.5 Å². The summed E-state index contributed by atoms with van der Waals surface area (Å²) in [4.78, 5) is 16.1. The van der Waals surface area contributed by atoms with Gasteiger partial charge in [0, 0.05) is 0 Å². The minimum Gasteiger partial charge on any atom is -0.484 e. The van der Waals surface area contributed by atoms with Crippen LogP contribution in [0.5, 0.6) is 5.75 Å². The highest BCUT2D eigenvalue weighted by molar-refractivity contribution is 5.93. The third kappa shape index (κ3) is 3.31. The average molecular weight is 418 g/mol. The minimum atomic E-state index is -0.387. The van der Waals surface area contributed by atoms with Crippen LogP contribution in [-0.4, -0.2) is 18.1 Å². The monoisotopic (exact) mass is 417 g/mol. The van der Waals surface area contributed by atoms with E-state index in [4.69, 9.17) is 13.9 Å². The molecule has 4 bridgehead atoms. The summed E-state index contributed by atoms with van der Waals surface area (Å²) in [6.07, 6.45) is 8.51. The Morgan fingerprint density at radius 2 is 1.71 bits per heavy atom. The number of methoxy groups -OCH3 is 1. The van der Waals surface area contributed by atoms with Crippen molar-refractivity contribution < 1.29 is 18.7 Å². The molecule has 0 radical (unpaired) electrons. The van der Waals surface area contributed by atoms with Gasteiger partial charge >= 0.3 is 5.97 Å². The van der Waals surface area contributed by atoms with Crippen LogP contribution in [0.3, 0.4) is 0 Å². The van der Waals surface area contributed by atoms with Gasteiger partial charge in [-0.25, -0.2) is 9.78 Å². The Bertz CT molecular complexity index is 1090. The summed E-state index contributed by atoms with van der Waals surface area (Å²) >= 11 is 0. The number of carbonyl (C=O) groups is 1. The van der Waals surface area contributed by atoms with Crippen molar-refractivity contribution in [3.8, 4) is 5.75 Å². The van der Waals surface area contributed by atoms with E-state index in [1.54, 1.807) is 18.2 Å². The lowest BCUT2D eigenvalue weighted by Crippen LogP contribution is -2.48. The topological polar surface area (TPSA) is 61.6 Å². The summed E-state index contributed by atoms with van der Waals surface area (Å²) in [5.74, 6) is 3.76. The number of hydrogen-bond donors (Lipinski definition) is 0. The molecule has 4 saturated carbocycles. The van der Waals surface area contributed by atoms with Gasteiger partial charge in [-0.15, -0.1) is 0 Å². The van der Waals surface area contributed by atoms with Gasteiger partial charge in [-0.3, -0.25) is 0 Å². The van der Waals surface area contributed by atoms with Gasteiger partial charge in [0.1, 0.15) is 11.3 Å². The van der Waals surface area contributed by atoms with Gasteiger partial charge in [0.05, 0.1) is 12.7 Å². The zero-order chi connectivity index (χ0) is 21.0. The Morgan fingerprint density at radius 3 is 2.35 bits per heavy atom. The molecular weight excluding hydrogens is 390 g/mol. The van der Waals surface area contributed by atoms with E-state index in [-0.39, 0.29) is 12.6 Å². The quantitative estimate of drug-likeness (QED) is 0.501. The number of oxazole rings is 1. The molecule has 4 fully saturated rings. The maximum Gasteiger partial charge on any atom is 0.337 e. The van der Waals surface area contributed by atoms with E-state index in [9.17, 15) is 4.79 Å². The molecule has 0 unspecified atom stereocenters. The van der Waals surface area contributed by atoms with Gasteiger partial charge < -0.3 is 13.9 Å². The number of rotatable bonds is 5. The number of aromatic nitrogens is 1. The molecule has 4 aliphatic carbocycles. The van der Waals surface area contributed by atoms with Crippen molar-refractivity contribution in [3.05, 3.63) is 59.5 Å². The summed E-state index contributed by atoms with van der Waals surface area (Å²) < 4.78 is 16.5. The summed E-state index contributed by atoms with van der Waals surface area (Å²) in [6, 6.07) is 13.8. The molecule has 5 nitrogen and oxygen atoms in total. The first-order chi connectivity index (χ1) is 15.1. The van der Waals surface area contributed by atoms with Crippen LogP contribution < -0.4 is 4.74 Å². The predicted molar refractivity (Wildman–Crippen MR) is 116 cm³/mol. The van der Waals surface area contributed by atoms with E-state index in [1.807, 2.05) is 0 Å². The lowest BCUT2D eigenvalue weighted by molar-refractivity contribution is -0.00521. The third-order valence-electron chi connectivity index (χ3n) is 7.72. The van der Waals surface area contributed by atoms with Crippen molar-refractivity contribution in [1.29, 1.82) is 0 Å². The molecule has 31 heavy (non-hydrogen) atoms. The number of carbonyl (C=O) groups excluding carboxylic acids is 1. The van der Waals surface area contributed by atoms with E-state index in [0.29, 0.717) is 28.0 Å². The number of nitrogens with zero attached hydrogens (tertiary/aromatic N) is 1. The molecule has 1 heterocycles. The van der Waals surface area contributed by atoms with E-state index in [2.05, 4.69) is 29.2 Å². The van der Waals surface area contributed by atoms with E-state index in [0.717, 1.165) is 23.5 Å². The lowest BCUT2D eigenvalue weighted by Gasteiger charge is -2.57. The predicted octanol–water partition coefficient (Wildman–Crippen LogP) is 5.66. The molecular formula is C26H27NO4. The van der Waals surface area contributed by atoms with E-state index < -0.39 is 0 Å². The average Bonchev–Trinajstić information content (AvgIpc) is 3.19. The molecule has 0 amide bonds. The van der Waals surface area contributed by atoms with E-state index in [1.165, 1.54) is 51.2 Å². The van der Waals surface area contributed by atoms with Crippen molar-refractivity contribution in [3.63, 3.8) is 0 Å². The Kier molecular flexibility index (Phi) is 4.34. The van der Waals surface area contributed by atoms with Crippen LogP contribution in [0.25, 0.3) is 11.1 Å². The van der Waals surface area contributed by atoms with Gasteiger partial charge in [-0.2, -0.15) is 0 Å². The first-order valence-corrected chi connectivity index (χ1v) is 11.3. The normalized spacial score (nSPS) is 28.7. The molecule has 3 aromatic rings. The second kappa shape index (κ2) is 7.11. The molecule has 1 aromatic heterocycles. The molecule has 160 valence electrons. The highest BCUT2D eigenvalue weighted by Crippen LogP contribution is 2.60. The molecule has 0 spiro atoms. The molecule has 7 rings (SSSR count). The van der Waals surface area contributed by atoms with Crippen LogP contribution in [0.1, 0.15) is 60.3 Å². The Balaban J connectivity index is 1.15. The van der Waals surface area contributed by atoms with Crippen LogP contribution >= 0.6 is 0 Å². The molecule has 0 N–H and O–H groups in total. The van der Waals surface area contributed by atoms with Crippen molar-refractivity contribution in [1.82, 2.24) is 4.98 Å². The number of hydrogen-bond acceptors (Lipinski definition) is 5. The van der Waals surface area contributed by atoms with Gasteiger partial charge in [-0.1, -0.05) is 12.1 Å². The van der Waals surface area contributed by atoms with Crippen molar-refractivity contribution >= 4 is 17.1 Å². The zero-order valence-corrected chi connectivity index (χ0v) is 17.8. The number of esters is 1. The summed E-state index contributed by atoms with van der Waals surface area (Å²) in [5.41, 5.74) is 3.61. The fourth-order valence-corrected chi connectivity index (χ4v) is 6.80. The maximum atomic E-state index is 11.7. The SMILES string of the molecule is COC(=O)c1ccc2oc(COc3ccc(C45CC6CC(CC(C6)C4)C5)cc3)nc2c1. The highest BCUT2D eigenvalue weighted by Gasteiger charge is 2.51. The largest absolute Gasteiger partial charge is 0.484 e. The first-order valence-electron chi connectivity index (χ1n) is 11.3. The molecule has 2 aromatic carbocycles. The smallest absolute Gasteiger partial charge is 0.337 e. The molecule has 0 saturated heterocycles. The lowest BCUT2D eigenvalue weighted by atomic mass is 9.48. The summed E-state index contributed by atoms with van der Waals surface area (Å²) in [7, 11) is 1.36. The molecule has 0 aliphatic heterocycles. The fourth-order valence-electron chi connectivity index (χ4n) is 6.80. The van der Waals surface area contributed by atoms with Crippen LogP contribution in [0, 0.1) is 17.8 Å². The Labute approximate surface area is 181 Å². The van der Waals surface area contributed by atoms with Crippen molar-refractivity contribution in [2.24, 2.45) is 17.8 Å². The summed E-state index contributed by atoms with van der Waals surface area (Å²) in [5, 5.41) is 0. The second-order valence-electron chi connectivity index (χ2n) is 9.79. The Hall–Kier alpha value is -2.82. The number of fused-ring (bicyclic) bond motifs is 1. The van der Waals surface area contributed by atoms with Gasteiger partial charge in [0.25, 0.3) is 0 Å². The van der Waals surface area contributed by atoms with Crippen LogP contribution in [0.15, 0.2) is 46.9 Å². The molecule has 0 atom stereocenters. The van der Waals surface area contributed by atoms with Crippen LogP contribution in [-0.2, 0) is 16.8 Å². The molecule has 5 heteroatoms. The standard InChI is InChI=1S/C26H27NO4/c1-29-25(28)19-2-7-23-22(11-19)27-24(31-23)15-30-21-5-3-20(4-6-21)26-12-16-8-17(13-26)10-18(9-16)14-26/h2-7,11,16-18H,8-10,12-15H2,1H3. The maximum absolute atomic E-state index is 11.7. The zero-order valence-electron chi connectivity index (χ0n) is 17.8. The first kappa shape index (κ1) is 18.9. The minimum absolute atomic E-state index is 0.249.